The van der Waals surface area contributed by atoms with Crippen LogP contribution in [0.2, 0.25) is 0 Å². The van der Waals surface area contributed by atoms with Gasteiger partial charge in [-0.2, -0.15) is 0 Å². The largest absolute Gasteiger partial charge is 0.492 e. The van der Waals surface area contributed by atoms with Crippen molar-refractivity contribution in [1.82, 2.24) is 10.2 Å². The number of nitrogens with one attached hydrogen (secondary N) is 1. The molecule has 0 saturated carbocycles. The van der Waals surface area contributed by atoms with Crippen molar-refractivity contribution in [2.24, 2.45) is 0 Å². The summed E-state index contributed by atoms with van der Waals surface area (Å²) in [5.41, 5.74) is 1.26. The fourth-order valence-electron chi connectivity index (χ4n) is 4.39. The van der Waals surface area contributed by atoms with Gasteiger partial charge in [-0.3, -0.25) is 13.9 Å². The molecule has 0 aliphatic rings. The Labute approximate surface area is 241 Å². The van der Waals surface area contributed by atoms with Gasteiger partial charge in [-0.25, -0.2) is 8.42 Å². The van der Waals surface area contributed by atoms with Gasteiger partial charge in [0, 0.05) is 18.5 Å². The maximum Gasteiger partial charge on any atom is 0.264 e. The number of carbonyl (C=O) groups is 2. The second-order valence-electron chi connectivity index (χ2n) is 8.95. The van der Waals surface area contributed by atoms with Crippen molar-refractivity contribution < 1.29 is 22.7 Å². The average Bonchev–Trinajstić information content (AvgIpc) is 2.98. The van der Waals surface area contributed by atoms with E-state index >= 15 is 0 Å². The molecule has 3 rings (SSSR count). The normalized spacial score (nSPS) is 11.9. The Morgan fingerprint density at radius 1 is 0.950 bits per heavy atom. The molecule has 0 saturated heterocycles. The standard InChI is InChI=1S/C30H37N3O5S2/c1-5-26(30(35)31-3)32(21-20-23-12-8-7-9-13-23)29(34)22-33(27-14-10-11-15-28(27)38-6-2)40(36,37)25-18-16-24(39-4)17-19-25/h7-19,26H,5-6,20-22H2,1-4H3,(H,31,35). The van der Waals surface area contributed by atoms with Gasteiger partial charge in [-0.05, 0) is 68.0 Å². The molecule has 214 valence electrons. The third-order valence-electron chi connectivity index (χ3n) is 6.48. The van der Waals surface area contributed by atoms with E-state index in [9.17, 15) is 18.0 Å². The lowest BCUT2D eigenvalue weighted by molar-refractivity contribution is -0.139. The van der Waals surface area contributed by atoms with Gasteiger partial charge < -0.3 is 15.0 Å². The third kappa shape index (κ3) is 7.57. The van der Waals surface area contributed by atoms with Crippen molar-refractivity contribution in [2.75, 3.05) is 37.3 Å². The van der Waals surface area contributed by atoms with Crippen molar-refractivity contribution in [1.29, 1.82) is 0 Å². The average molecular weight is 584 g/mol. The first-order valence-electron chi connectivity index (χ1n) is 13.2. The minimum atomic E-state index is -4.18. The van der Waals surface area contributed by atoms with E-state index in [1.165, 1.54) is 35.8 Å². The van der Waals surface area contributed by atoms with E-state index in [1.807, 2.05) is 50.4 Å². The highest BCUT2D eigenvalue weighted by atomic mass is 32.2. The Balaban J connectivity index is 2.06. The van der Waals surface area contributed by atoms with Gasteiger partial charge in [-0.15, -0.1) is 11.8 Å². The molecule has 3 aromatic carbocycles. The van der Waals surface area contributed by atoms with Gasteiger partial charge in [0.15, 0.2) is 0 Å². The molecular weight excluding hydrogens is 546 g/mol. The predicted octanol–water partition coefficient (Wildman–Crippen LogP) is 4.60. The summed E-state index contributed by atoms with van der Waals surface area (Å²) in [5.74, 6) is -0.445. The number of nitrogens with zero attached hydrogens (tertiary/aromatic N) is 2. The zero-order valence-corrected chi connectivity index (χ0v) is 25.0. The summed E-state index contributed by atoms with van der Waals surface area (Å²) in [6.07, 6.45) is 2.80. The number of benzene rings is 3. The number of para-hydroxylation sites is 2. The molecular formula is C30H37N3O5S2. The molecule has 0 aliphatic carbocycles. The second kappa shape index (κ2) is 14.8. The fraction of sp³-hybridized carbons (Fsp3) is 0.333. The van der Waals surface area contributed by atoms with Crippen LogP contribution in [-0.4, -0.2) is 64.2 Å². The minimum absolute atomic E-state index is 0.0542. The van der Waals surface area contributed by atoms with Gasteiger partial charge in [0.1, 0.15) is 18.3 Å². The Kier molecular flexibility index (Phi) is 11.5. The molecule has 0 heterocycles. The molecule has 1 atom stereocenters. The van der Waals surface area contributed by atoms with Crippen LogP contribution < -0.4 is 14.4 Å². The van der Waals surface area contributed by atoms with Crippen LogP contribution in [0.4, 0.5) is 5.69 Å². The Morgan fingerprint density at radius 2 is 1.60 bits per heavy atom. The molecule has 0 radical (unpaired) electrons. The van der Waals surface area contributed by atoms with Gasteiger partial charge >= 0.3 is 0 Å². The number of likely N-dealkylation sites (N-methyl/N-ethyl adjacent to an activating group) is 1. The number of rotatable bonds is 14. The van der Waals surface area contributed by atoms with Crippen molar-refractivity contribution >= 4 is 39.3 Å². The monoisotopic (exact) mass is 583 g/mol. The van der Waals surface area contributed by atoms with Crippen LogP contribution in [-0.2, 0) is 26.0 Å². The van der Waals surface area contributed by atoms with Crippen molar-refractivity contribution in [2.45, 2.75) is 42.5 Å². The van der Waals surface area contributed by atoms with Gasteiger partial charge in [0.25, 0.3) is 10.0 Å². The van der Waals surface area contributed by atoms with Crippen LogP contribution in [0.5, 0.6) is 5.75 Å². The van der Waals surface area contributed by atoms with Crippen LogP contribution in [0.15, 0.2) is 88.7 Å². The molecule has 0 fully saturated rings. The first-order chi connectivity index (χ1) is 19.3. The van der Waals surface area contributed by atoms with Crippen LogP contribution in [0.3, 0.4) is 0 Å². The summed E-state index contributed by atoms with van der Waals surface area (Å²) in [6.45, 7) is 3.70. The first-order valence-corrected chi connectivity index (χ1v) is 15.9. The summed E-state index contributed by atoms with van der Waals surface area (Å²) in [7, 11) is -2.65. The highest BCUT2D eigenvalue weighted by molar-refractivity contribution is 7.98. The summed E-state index contributed by atoms with van der Waals surface area (Å²) < 4.78 is 35.0. The van der Waals surface area contributed by atoms with E-state index in [-0.39, 0.29) is 23.0 Å². The first kappa shape index (κ1) is 31.0. The van der Waals surface area contributed by atoms with Crippen molar-refractivity contribution in [3.63, 3.8) is 0 Å². The van der Waals surface area contributed by atoms with Crippen LogP contribution >= 0.6 is 11.8 Å². The van der Waals surface area contributed by atoms with Gasteiger partial charge in [0.2, 0.25) is 11.8 Å². The number of carbonyl (C=O) groups excluding carboxylic acids is 2. The lowest BCUT2D eigenvalue weighted by Gasteiger charge is -2.33. The molecule has 0 spiro atoms. The van der Waals surface area contributed by atoms with Crippen molar-refractivity contribution in [3.05, 3.63) is 84.4 Å². The molecule has 1 N–H and O–H groups in total. The number of ether oxygens (including phenoxy) is 1. The predicted molar refractivity (Wildman–Crippen MR) is 160 cm³/mol. The fourth-order valence-corrected chi connectivity index (χ4v) is 6.22. The van der Waals surface area contributed by atoms with E-state index in [0.29, 0.717) is 25.2 Å². The molecule has 0 bridgehead atoms. The number of amides is 2. The number of anilines is 1. The molecule has 40 heavy (non-hydrogen) atoms. The molecule has 2 amide bonds. The molecule has 1 unspecified atom stereocenters. The SMILES string of the molecule is CCOc1ccccc1N(CC(=O)N(CCc1ccccc1)C(CC)C(=O)NC)S(=O)(=O)c1ccc(SC)cc1. The van der Waals surface area contributed by atoms with E-state index < -0.39 is 28.5 Å². The Bertz CT molecular complexity index is 1370. The number of sulfonamides is 1. The van der Waals surface area contributed by atoms with Gasteiger partial charge in [0.05, 0.1) is 17.2 Å². The zero-order valence-electron chi connectivity index (χ0n) is 23.4. The molecule has 10 heteroatoms. The van der Waals surface area contributed by atoms with E-state index in [1.54, 1.807) is 36.4 Å². The highest BCUT2D eigenvalue weighted by Gasteiger charge is 2.34. The van der Waals surface area contributed by atoms with Crippen molar-refractivity contribution in [3.8, 4) is 5.75 Å². The lowest BCUT2D eigenvalue weighted by Crippen LogP contribution is -2.52. The quantitative estimate of drug-likeness (QED) is 0.279. The number of thioether (sulfide) groups is 1. The van der Waals surface area contributed by atoms with E-state index in [0.717, 1.165) is 14.8 Å². The zero-order chi connectivity index (χ0) is 29.1. The Morgan fingerprint density at radius 3 is 2.20 bits per heavy atom. The summed E-state index contributed by atoms with van der Waals surface area (Å²) in [5, 5.41) is 2.64. The van der Waals surface area contributed by atoms with Crippen LogP contribution in [0.1, 0.15) is 25.8 Å². The van der Waals surface area contributed by atoms with Gasteiger partial charge in [-0.1, -0.05) is 49.4 Å². The van der Waals surface area contributed by atoms with Crippen LogP contribution in [0.25, 0.3) is 0 Å². The van der Waals surface area contributed by atoms with Crippen LogP contribution in [0, 0.1) is 0 Å². The Hall–Kier alpha value is -3.50. The van der Waals surface area contributed by atoms with E-state index in [4.69, 9.17) is 4.74 Å². The minimum Gasteiger partial charge on any atom is -0.492 e. The number of hydrogen-bond acceptors (Lipinski definition) is 6. The molecule has 8 nitrogen and oxygen atoms in total. The van der Waals surface area contributed by atoms with E-state index in [2.05, 4.69) is 5.32 Å². The maximum absolute atomic E-state index is 14.1. The summed E-state index contributed by atoms with van der Waals surface area (Å²) >= 11 is 1.50. The second-order valence-corrected chi connectivity index (χ2v) is 11.7. The number of hydrogen-bond donors (Lipinski definition) is 1. The smallest absolute Gasteiger partial charge is 0.264 e. The summed E-state index contributed by atoms with van der Waals surface area (Å²) in [4.78, 5) is 29.3. The molecule has 3 aromatic rings. The highest BCUT2D eigenvalue weighted by Crippen LogP contribution is 2.33. The summed E-state index contributed by atoms with van der Waals surface area (Å²) in [6, 6.07) is 22.2. The molecule has 0 aromatic heterocycles. The maximum atomic E-state index is 14.1. The molecule has 0 aliphatic heterocycles. The topological polar surface area (TPSA) is 96.0 Å². The lowest BCUT2D eigenvalue weighted by atomic mass is 10.1. The third-order valence-corrected chi connectivity index (χ3v) is 8.99.